The molecule has 0 amide bonds. The molecule has 0 aliphatic carbocycles. The molecule has 1 nitrogen and oxygen atoms in total. The van der Waals surface area contributed by atoms with E-state index in [1.807, 2.05) is 0 Å². The van der Waals surface area contributed by atoms with E-state index in [0.717, 1.165) is 11.0 Å². The Balaban J connectivity index is 2.03. The molecule has 0 aliphatic rings. The van der Waals surface area contributed by atoms with Crippen LogP contribution in [0, 0.1) is 13.8 Å². The predicted molar refractivity (Wildman–Crippen MR) is 85.3 cm³/mol. The molecular formula is C17H20BrN. The number of nitrogens with one attached hydrogen (secondary N) is 1. The van der Waals surface area contributed by atoms with Crippen LogP contribution in [0.15, 0.2) is 46.9 Å². The van der Waals surface area contributed by atoms with Gasteiger partial charge in [0.2, 0.25) is 0 Å². The highest BCUT2D eigenvalue weighted by atomic mass is 79.9. The second-order valence-electron chi connectivity index (χ2n) is 5.15. The van der Waals surface area contributed by atoms with Gasteiger partial charge in [0.25, 0.3) is 0 Å². The molecule has 100 valence electrons. The molecule has 1 N–H and O–H groups in total. The van der Waals surface area contributed by atoms with Crippen LogP contribution in [-0.4, -0.2) is 0 Å². The Morgan fingerprint density at radius 3 is 2.37 bits per heavy atom. The molecule has 0 saturated heterocycles. The zero-order chi connectivity index (χ0) is 13.8. The molecule has 2 rings (SSSR count). The molecule has 2 heteroatoms. The topological polar surface area (TPSA) is 12.0 Å². The molecule has 0 heterocycles. The first-order valence-electron chi connectivity index (χ1n) is 6.60. The van der Waals surface area contributed by atoms with Crippen molar-refractivity contribution in [3.05, 3.63) is 69.2 Å². The molecule has 0 aliphatic heterocycles. The van der Waals surface area contributed by atoms with Crippen molar-refractivity contribution in [2.75, 3.05) is 0 Å². The lowest BCUT2D eigenvalue weighted by molar-refractivity contribution is 0.574. The molecule has 0 fully saturated rings. The summed E-state index contributed by atoms with van der Waals surface area (Å²) in [6.45, 7) is 7.40. The van der Waals surface area contributed by atoms with Crippen LogP contribution in [-0.2, 0) is 6.54 Å². The number of benzene rings is 2. The maximum atomic E-state index is 3.58. The second-order valence-corrected chi connectivity index (χ2v) is 6.07. The van der Waals surface area contributed by atoms with E-state index in [9.17, 15) is 0 Å². The lowest BCUT2D eigenvalue weighted by atomic mass is 10.0. The molecule has 2 aromatic carbocycles. The first-order chi connectivity index (χ1) is 9.04. The summed E-state index contributed by atoms with van der Waals surface area (Å²) in [4.78, 5) is 0. The molecular weight excluding hydrogens is 298 g/mol. The van der Waals surface area contributed by atoms with Crippen LogP contribution in [0.1, 0.15) is 35.2 Å². The zero-order valence-electron chi connectivity index (χ0n) is 11.7. The van der Waals surface area contributed by atoms with Gasteiger partial charge in [0, 0.05) is 17.1 Å². The second kappa shape index (κ2) is 6.36. The highest BCUT2D eigenvalue weighted by Gasteiger charge is 2.06. The quantitative estimate of drug-likeness (QED) is 0.844. The van der Waals surface area contributed by atoms with Crippen molar-refractivity contribution in [2.45, 2.75) is 33.4 Å². The molecule has 0 saturated carbocycles. The molecule has 2 aromatic rings. The molecule has 0 radical (unpaired) electrons. The number of aryl methyl sites for hydroxylation is 2. The van der Waals surface area contributed by atoms with Crippen molar-refractivity contribution < 1.29 is 0 Å². The summed E-state index contributed by atoms with van der Waals surface area (Å²) in [5.41, 5.74) is 5.30. The largest absolute Gasteiger partial charge is 0.306 e. The Morgan fingerprint density at radius 2 is 1.74 bits per heavy atom. The smallest absolute Gasteiger partial charge is 0.0295 e. The average Bonchev–Trinajstić information content (AvgIpc) is 2.35. The van der Waals surface area contributed by atoms with Crippen molar-refractivity contribution in [1.29, 1.82) is 0 Å². The maximum Gasteiger partial charge on any atom is 0.0295 e. The van der Waals surface area contributed by atoms with Crippen LogP contribution in [0.3, 0.4) is 0 Å². The van der Waals surface area contributed by atoms with Crippen LogP contribution in [0.5, 0.6) is 0 Å². The lowest BCUT2D eigenvalue weighted by Crippen LogP contribution is -2.18. The molecule has 1 unspecified atom stereocenters. The minimum absolute atomic E-state index is 0.359. The van der Waals surface area contributed by atoms with Gasteiger partial charge in [-0.15, -0.1) is 0 Å². The summed E-state index contributed by atoms with van der Waals surface area (Å²) in [5, 5.41) is 3.58. The van der Waals surface area contributed by atoms with E-state index < -0.39 is 0 Å². The fourth-order valence-corrected chi connectivity index (χ4v) is 2.74. The van der Waals surface area contributed by atoms with Gasteiger partial charge in [-0.1, -0.05) is 57.4 Å². The number of hydrogen-bond donors (Lipinski definition) is 1. The Hall–Kier alpha value is -1.12. The normalized spacial score (nSPS) is 12.4. The van der Waals surface area contributed by atoms with Gasteiger partial charge >= 0.3 is 0 Å². The maximum absolute atomic E-state index is 3.58. The first-order valence-corrected chi connectivity index (χ1v) is 7.40. The highest BCUT2D eigenvalue weighted by molar-refractivity contribution is 9.10. The third kappa shape index (κ3) is 4.19. The molecule has 0 aromatic heterocycles. The Kier molecular flexibility index (Phi) is 4.78. The van der Waals surface area contributed by atoms with Gasteiger partial charge in [-0.25, -0.2) is 0 Å². The van der Waals surface area contributed by atoms with Crippen molar-refractivity contribution >= 4 is 15.9 Å². The van der Waals surface area contributed by atoms with Gasteiger partial charge < -0.3 is 5.32 Å². The minimum atomic E-state index is 0.359. The fourth-order valence-electron chi connectivity index (χ4n) is 2.30. The van der Waals surface area contributed by atoms with Crippen LogP contribution in [0.4, 0.5) is 0 Å². The van der Waals surface area contributed by atoms with E-state index in [0.29, 0.717) is 6.04 Å². The SMILES string of the molecule is Cc1cc(C)cc(C(C)NCc2cccc(Br)c2)c1. The van der Waals surface area contributed by atoms with Gasteiger partial charge in [0.15, 0.2) is 0 Å². The van der Waals surface area contributed by atoms with Gasteiger partial charge in [-0.3, -0.25) is 0 Å². The van der Waals surface area contributed by atoms with Gasteiger partial charge in [0.1, 0.15) is 0 Å². The van der Waals surface area contributed by atoms with Gasteiger partial charge in [-0.05, 0) is 44.0 Å². The van der Waals surface area contributed by atoms with E-state index in [-0.39, 0.29) is 0 Å². The van der Waals surface area contributed by atoms with Crippen molar-refractivity contribution in [3.63, 3.8) is 0 Å². The number of rotatable bonds is 4. The summed E-state index contributed by atoms with van der Waals surface area (Å²) < 4.78 is 1.13. The van der Waals surface area contributed by atoms with Crippen molar-refractivity contribution in [2.24, 2.45) is 0 Å². The third-order valence-electron chi connectivity index (χ3n) is 3.25. The fraction of sp³-hybridized carbons (Fsp3) is 0.294. The summed E-state index contributed by atoms with van der Waals surface area (Å²) in [6.07, 6.45) is 0. The molecule has 1 atom stereocenters. The van der Waals surface area contributed by atoms with Crippen molar-refractivity contribution in [1.82, 2.24) is 5.32 Å². The van der Waals surface area contributed by atoms with Gasteiger partial charge in [0.05, 0.1) is 0 Å². The molecule has 0 spiro atoms. The third-order valence-corrected chi connectivity index (χ3v) is 3.74. The standard InChI is InChI=1S/C17H20BrN/c1-12-7-13(2)9-16(8-12)14(3)19-11-15-5-4-6-17(18)10-15/h4-10,14,19H,11H2,1-3H3. The highest BCUT2D eigenvalue weighted by Crippen LogP contribution is 2.18. The lowest BCUT2D eigenvalue weighted by Gasteiger charge is -2.16. The van der Waals surface area contributed by atoms with E-state index in [1.165, 1.54) is 22.3 Å². The monoisotopic (exact) mass is 317 g/mol. The zero-order valence-corrected chi connectivity index (χ0v) is 13.3. The van der Waals surface area contributed by atoms with Gasteiger partial charge in [-0.2, -0.15) is 0 Å². The Morgan fingerprint density at radius 1 is 1.05 bits per heavy atom. The van der Waals surface area contributed by atoms with Crippen molar-refractivity contribution in [3.8, 4) is 0 Å². The minimum Gasteiger partial charge on any atom is -0.306 e. The molecule has 19 heavy (non-hydrogen) atoms. The predicted octanol–water partition coefficient (Wildman–Crippen LogP) is 4.92. The average molecular weight is 318 g/mol. The number of halogens is 1. The van der Waals surface area contributed by atoms with Crippen LogP contribution >= 0.6 is 15.9 Å². The van der Waals surface area contributed by atoms with E-state index in [2.05, 4.69) is 84.5 Å². The van der Waals surface area contributed by atoms with Crippen LogP contribution in [0.2, 0.25) is 0 Å². The number of hydrogen-bond acceptors (Lipinski definition) is 1. The summed E-state index contributed by atoms with van der Waals surface area (Å²) in [7, 11) is 0. The molecule has 0 bridgehead atoms. The summed E-state index contributed by atoms with van der Waals surface area (Å²) in [5.74, 6) is 0. The van der Waals surface area contributed by atoms with E-state index >= 15 is 0 Å². The summed E-state index contributed by atoms with van der Waals surface area (Å²) >= 11 is 3.51. The van der Waals surface area contributed by atoms with Crippen LogP contribution in [0.25, 0.3) is 0 Å². The van der Waals surface area contributed by atoms with E-state index in [1.54, 1.807) is 0 Å². The Bertz CT molecular complexity index is 543. The first kappa shape index (κ1) is 14.3. The summed E-state index contributed by atoms with van der Waals surface area (Å²) in [6, 6.07) is 15.5. The van der Waals surface area contributed by atoms with Crippen LogP contribution < -0.4 is 5.32 Å². The Labute approximate surface area is 124 Å². The van der Waals surface area contributed by atoms with E-state index in [4.69, 9.17) is 0 Å².